The Morgan fingerprint density at radius 1 is 1.20 bits per heavy atom. The first-order valence-corrected chi connectivity index (χ1v) is 10.1. The number of aromatic nitrogens is 1. The lowest BCUT2D eigenvalue weighted by Crippen LogP contribution is -2.15. The second kappa shape index (κ2) is 8.66. The number of carbonyl (C=O) groups excluding carboxylic acids is 2. The van der Waals surface area contributed by atoms with Gasteiger partial charge in [0.2, 0.25) is 0 Å². The minimum Gasteiger partial charge on any atom is -0.505 e. The number of fused-ring (bicyclic) bond motifs is 1. The van der Waals surface area contributed by atoms with Crippen molar-refractivity contribution in [2.24, 2.45) is 5.92 Å². The molecule has 1 N–H and O–H groups in total. The summed E-state index contributed by atoms with van der Waals surface area (Å²) in [6.07, 6.45) is 0.921. The molecule has 8 heteroatoms. The van der Waals surface area contributed by atoms with Gasteiger partial charge in [-0.05, 0) is 43.2 Å². The Morgan fingerprint density at radius 2 is 1.90 bits per heavy atom. The van der Waals surface area contributed by atoms with Gasteiger partial charge in [-0.2, -0.15) is 0 Å². The summed E-state index contributed by atoms with van der Waals surface area (Å²) in [6.45, 7) is 5.39. The van der Waals surface area contributed by atoms with Crippen molar-refractivity contribution in [1.29, 1.82) is 0 Å². The average Bonchev–Trinajstić information content (AvgIpc) is 2.98. The first-order chi connectivity index (χ1) is 14.1. The third-order valence-electron chi connectivity index (χ3n) is 5.03. The molecular weight excluding hydrogens is 432 g/mol. The molecular formula is C22H20Cl2FNO4. The van der Waals surface area contributed by atoms with Crippen molar-refractivity contribution in [2.45, 2.75) is 33.6 Å². The second-order valence-corrected chi connectivity index (χ2v) is 7.98. The number of hydrogen-bond donors (Lipinski definition) is 1. The summed E-state index contributed by atoms with van der Waals surface area (Å²) >= 11 is 12.0. The Balaban J connectivity index is 2.17. The number of nitrogens with zero attached hydrogens (tertiary/aromatic N) is 1. The Labute approximate surface area is 183 Å². The molecule has 1 atom stereocenters. The van der Waals surface area contributed by atoms with E-state index in [1.54, 1.807) is 0 Å². The average molecular weight is 452 g/mol. The molecule has 1 heterocycles. The van der Waals surface area contributed by atoms with Gasteiger partial charge in [0.05, 0.1) is 26.6 Å². The molecule has 158 valence electrons. The summed E-state index contributed by atoms with van der Waals surface area (Å²) in [6, 6.07) is 6.91. The molecule has 0 saturated heterocycles. The molecule has 3 aromatic rings. The van der Waals surface area contributed by atoms with Gasteiger partial charge < -0.3 is 9.84 Å². The summed E-state index contributed by atoms with van der Waals surface area (Å²) < 4.78 is 21.5. The molecule has 0 amide bonds. The van der Waals surface area contributed by atoms with E-state index in [0.717, 1.165) is 12.5 Å². The molecule has 1 aromatic heterocycles. The molecule has 5 nitrogen and oxygen atoms in total. The van der Waals surface area contributed by atoms with Crippen LogP contribution in [-0.4, -0.2) is 21.6 Å². The van der Waals surface area contributed by atoms with E-state index in [0.29, 0.717) is 0 Å². The van der Waals surface area contributed by atoms with E-state index in [1.807, 2.05) is 13.8 Å². The summed E-state index contributed by atoms with van der Waals surface area (Å²) in [5.74, 6) is -2.65. The first kappa shape index (κ1) is 22.1. The number of benzene rings is 2. The molecule has 1 unspecified atom stereocenters. The number of phenols is 1. The van der Waals surface area contributed by atoms with Crippen molar-refractivity contribution in [3.63, 3.8) is 0 Å². The number of aromatic hydroxyl groups is 1. The zero-order chi connectivity index (χ0) is 22.2. The molecule has 0 aliphatic carbocycles. The number of halogens is 3. The van der Waals surface area contributed by atoms with Crippen LogP contribution >= 0.6 is 23.2 Å². The molecule has 30 heavy (non-hydrogen) atoms. The van der Waals surface area contributed by atoms with Crippen LogP contribution < -0.4 is 4.74 Å². The van der Waals surface area contributed by atoms with Gasteiger partial charge in [-0.3, -0.25) is 14.2 Å². The standard InChI is InChI=1S/C22H20Cl2FNO4/c1-4-11(2)9-18(28)30-21-12(3)26(16-7-8-17(27)20(25)19(16)21)22(29)13-5-6-14(23)15(24)10-13/h5-8,10-11,27H,4,9H2,1-3H3. The van der Waals surface area contributed by atoms with Crippen LogP contribution in [0.15, 0.2) is 30.3 Å². The van der Waals surface area contributed by atoms with Crippen molar-refractivity contribution in [3.05, 3.63) is 57.5 Å². The molecule has 0 spiro atoms. The summed E-state index contributed by atoms with van der Waals surface area (Å²) in [5, 5.41) is 10.2. The zero-order valence-corrected chi connectivity index (χ0v) is 18.1. The molecule has 0 fully saturated rings. The maximum atomic E-state index is 14.8. The van der Waals surface area contributed by atoms with Gasteiger partial charge in [-0.1, -0.05) is 43.5 Å². The predicted molar refractivity (Wildman–Crippen MR) is 114 cm³/mol. The van der Waals surface area contributed by atoms with Crippen molar-refractivity contribution in [1.82, 2.24) is 4.57 Å². The Kier molecular flexibility index (Phi) is 6.38. The Hall–Kier alpha value is -2.57. The molecule has 0 aliphatic rings. The van der Waals surface area contributed by atoms with Crippen LogP contribution in [0.25, 0.3) is 10.9 Å². The van der Waals surface area contributed by atoms with Gasteiger partial charge in [0.1, 0.15) is 0 Å². The maximum Gasteiger partial charge on any atom is 0.311 e. The fourth-order valence-electron chi connectivity index (χ4n) is 3.15. The summed E-state index contributed by atoms with van der Waals surface area (Å²) in [5.41, 5.74) is 0.601. The molecule has 0 saturated carbocycles. The smallest absolute Gasteiger partial charge is 0.311 e. The fourth-order valence-corrected chi connectivity index (χ4v) is 3.45. The van der Waals surface area contributed by atoms with E-state index in [4.69, 9.17) is 27.9 Å². The highest BCUT2D eigenvalue weighted by molar-refractivity contribution is 6.42. The molecule has 0 aliphatic heterocycles. The minimum atomic E-state index is -0.970. The van der Waals surface area contributed by atoms with Gasteiger partial charge >= 0.3 is 5.97 Å². The zero-order valence-electron chi connectivity index (χ0n) is 16.6. The molecule has 3 rings (SSSR count). The van der Waals surface area contributed by atoms with Crippen molar-refractivity contribution in [3.8, 4) is 11.5 Å². The highest BCUT2D eigenvalue weighted by Crippen LogP contribution is 2.39. The fraction of sp³-hybridized carbons (Fsp3) is 0.273. The van der Waals surface area contributed by atoms with Crippen LogP contribution in [0.4, 0.5) is 4.39 Å². The SMILES string of the molecule is CCC(C)CC(=O)Oc1c(C)n(C(=O)c2ccc(Cl)c(Cl)c2)c2ccc(O)c(F)c12. The van der Waals surface area contributed by atoms with Crippen molar-refractivity contribution >= 4 is 46.0 Å². The monoisotopic (exact) mass is 451 g/mol. The number of phenolic OH excluding ortho intramolecular Hbond substituents is 1. The van der Waals surface area contributed by atoms with Gasteiger partial charge in [-0.25, -0.2) is 4.39 Å². The highest BCUT2D eigenvalue weighted by atomic mass is 35.5. The van der Waals surface area contributed by atoms with Gasteiger partial charge in [0.25, 0.3) is 5.91 Å². The third kappa shape index (κ3) is 4.02. The minimum absolute atomic E-state index is 0.0854. The quantitative estimate of drug-likeness (QED) is 0.473. The summed E-state index contributed by atoms with van der Waals surface area (Å²) in [4.78, 5) is 25.6. The number of esters is 1. The van der Waals surface area contributed by atoms with E-state index in [2.05, 4.69) is 0 Å². The Bertz CT molecular complexity index is 1160. The normalized spacial score (nSPS) is 12.2. The number of ether oxygens (including phenoxy) is 1. The number of rotatable bonds is 5. The van der Waals surface area contributed by atoms with Crippen LogP contribution in [0, 0.1) is 18.7 Å². The van der Waals surface area contributed by atoms with Gasteiger partial charge in [0, 0.05) is 12.0 Å². The largest absolute Gasteiger partial charge is 0.505 e. The van der Waals surface area contributed by atoms with Crippen LogP contribution in [0.1, 0.15) is 42.7 Å². The van der Waals surface area contributed by atoms with E-state index in [-0.39, 0.29) is 50.3 Å². The highest BCUT2D eigenvalue weighted by Gasteiger charge is 2.27. The Morgan fingerprint density at radius 3 is 2.53 bits per heavy atom. The summed E-state index contributed by atoms with van der Waals surface area (Å²) in [7, 11) is 0. The van der Waals surface area contributed by atoms with Gasteiger partial charge in [-0.15, -0.1) is 0 Å². The lowest BCUT2D eigenvalue weighted by atomic mass is 10.1. The first-order valence-electron chi connectivity index (χ1n) is 9.38. The predicted octanol–water partition coefficient (Wildman–Crippen LogP) is 6.13. The van der Waals surface area contributed by atoms with E-state index in [1.165, 1.54) is 35.8 Å². The van der Waals surface area contributed by atoms with Crippen LogP contribution in [-0.2, 0) is 4.79 Å². The van der Waals surface area contributed by atoms with Crippen LogP contribution in [0.3, 0.4) is 0 Å². The van der Waals surface area contributed by atoms with E-state index >= 15 is 0 Å². The third-order valence-corrected chi connectivity index (χ3v) is 5.77. The number of hydrogen-bond acceptors (Lipinski definition) is 4. The second-order valence-electron chi connectivity index (χ2n) is 7.17. The van der Waals surface area contributed by atoms with E-state index < -0.39 is 23.4 Å². The molecule has 0 bridgehead atoms. The lowest BCUT2D eigenvalue weighted by Gasteiger charge is -2.10. The number of carbonyl (C=O) groups is 2. The maximum absolute atomic E-state index is 14.8. The lowest BCUT2D eigenvalue weighted by molar-refractivity contribution is -0.135. The molecule has 0 radical (unpaired) electrons. The van der Waals surface area contributed by atoms with Gasteiger partial charge in [0.15, 0.2) is 17.3 Å². The van der Waals surface area contributed by atoms with E-state index in [9.17, 15) is 19.1 Å². The van der Waals surface area contributed by atoms with Crippen LogP contribution in [0.2, 0.25) is 10.0 Å². The topological polar surface area (TPSA) is 68.5 Å². The van der Waals surface area contributed by atoms with Crippen LogP contribution in [0.5, 0.6) is 11.5 Å². The van der Waals surface area contributed by atoms with Crippen molar-refractivity contribution in [2.75, 3.05) is 0 Å². The molecule has 2 aromatic carbocycles. The van der Waals surface area contributed by atoms with Crippen molar-refractivity contribution < 1.29 is 23.8 Å².